The highest BCUT2D eigenvalue weighted by molar-refractivity contribution is 6.22. The number of amides is 4. The van der Waals surface area contributed by atoms with Gasteiger partial charge in [0, 0.05) is 38.0 Å². The molecule has 172 valence electrons. The average Bonchev–Trinajstić information content (AvgIpc) is 3.07. The normalized spacial score (nSPS) is 17.2. The zero-order valence-corrected chi connectivity index (χ0v) is 19.3. The minimum atomic E-state index is -0.940. The van der Waals surface area contributed by atoms with Gasteiger partial charge in [-0.25, -0.2) is 0 Å². The quantitative estimate of drug-likeness (QED) is 0.675. The lowest BCUT2D eigenvalue weighted by Gasteiger charge is -2.39. The second-order valence-corrected chi connectivity index (χ2v) is 9.60. The first-order chi connectivity index (χ1) is 15.7. The van der Waals surface area contributed by atoms with E-state index in [1.807, 2.05) is 51.1 Å². The summed E-state index contributed by atoms with van der Waals surface area (Å²) in [6.45, 7) is 7.25. The molecule has 0 aliphatic carbocycles. The van der Waals surface area contributed by atoms with Crippen LogP contribution in [0.3, 0.4) is 0 Å². The smallest absolute Gasteiger partial charge is 0.262 e. The Morgan fingerprint density at radius 1 is 0.788 bits per heavy atom. The van der Waals surface area contributed by atoms with Crippen LogP contribution in [0.1, 0.15) is 47.1 Å². The Bertz CT molecular complexity index is 1050. The number of imide groups is 1. The fourth-order valence-electron chi connectivity index (χ4n) is 4.43. The van der Waals surface area contributed by atoms with Crippen molar-refractivity contribution in [1.82, 2.24) is 14.7 Å². The number of fused-ring (bicyclic) bond motifs is 1. The van der Waals surface area contributed by atoms with Gasteiger partial charge < -0.3 is 9.80 Å². The zero-order valence-electron chi connectivity index (χ0n) is 19.3. The summed E-state index contributed by atoms with van der Waals surface area (Å²) >= 11 is 0. The van der Waals surface area contributed by atoms with Crippen LogP contribution in [0.4, 0.5) is 0 Å². The van der Waals surface area contributed by atoms with E-state index in [9.17, 15) is 19.2 Å². The van der Waals surface area contributed by atoms with Crippen LogP contribution in [0, 0.1) is 5.41 Å². The van der Waals surface area contributed by atoms with Gasteiger partial charge in [0.05, 0.1) is 11.1 Å². The maximum atomic E-state index is 13.7. The van der Waals surface area contributed by atoms with E-state index in [4.69, 9.17) is 0 Å². The Morgan fingerprint density at radius 3 is 1.79 bits per heavy atom. The molecule has 0 aromatic heterocycles. The molecule has 7 nitrogen and oxygen atoms in total. The SMILES string of the molecule is CC(C)(C)C(=O)N1CCN(C(=O)C(Cc2ccccc2)N2C(=O)c3ccccc3C2=O)CC1. The minimum absolute atomic E-state index is 0.0517. The second kappa shape index (κ2) is 8.81. The van der Waals surface area contributed by atoms with E-state index in [0.717, 1.165) is 10.5 Å². The van der Waals surface area contributed by atoms with Gasteiger partial charge in [-0.05, 0) is 17.7 Å². The minimum Gasteiger partial charge on any atom is -0.339 e. The number of benzene rings is 2. The molecule has 1 saturated heterocycles. The molecule has 4 amide bonds. The summed E-state index contributed by atoms with van der Waals surface area (Å²) in [5.41, 5.74) is 1.04. The molecular formula is C26H29N3O4. The number of carbonyl (C=O) groups excluding carboxylic acids is 4. The number of hydrogen-bond donors (Lipinski definition) is 0. The van der Waals surface area contributed by atoms with Gasteiger partial charge in [0.2, 0.25) is 11.8 Å². The number of hydrogen-bond acceptors (Lipinski definition) is 4. The van der Waals surface area contributed by atoms with Crippen molar-refractivity contribution >= 4 is 23.6 Å². The van der Waals surface area contributed by atoms with E-state index < -0.39 is 23.3 Å². The molecule has 2 aromatic rings. The highest BCUT2D eigenvalue weighted by Crippen LogP contribution is 2.27. The molecule has 2 aliphatic rings. The monoisotopic (exact) mass is 447 g/mol. The van der Waals surface area contributed by atoms with Crippen LogP contribution >= 0.6 is 0 Å². The van der Waals surface area contributed by atoms with Crippen molar-refractivity contribution in [3.8, 4) is 0 Å². The molecular weight excluding hydrogens is 418 g/mol. The molecule has 1 atom stereocenters. The second-order valence-electron chi connectivity index (χ2n) is 9.60. The van der Waals surface area contributed by atoms with Gasteiger partial charge in [0.25, 0.3) is 11.8 Å². The molecule has 1 fully saturated rings. The van der Waals surface area contributed by atoms with Crippen molar-refractivity contribution in [1.29, 1.82) is 0 Å². The summed E-state index contributed by atoms with van der Waals surface area (Å²) in [6, 6.07) is 15.1. The summed E-state index contributed by atoms with van der Waals surface area (Å²) in [5, 5.41) is 0. The van der Waals surface area contributed by atoms with E-state index in [1.54, 1.807) is 34.1 Å². The van der Waals surface area contributed by atoms with Crippen LogP contribution in [0.15, 0.2) is 54.6 Å². The summed E-state index contributed by atoms with van der Waals surface area (Å²) in [7, 11) is 0. The Hall–Kier alpha value is -3.48. The van der Waals surface area contributed by atoms with Crippen molar-refractivity contribution in [2.75, 3.05) is 26.2 Å². The average molecular weight is 448 g/mol. The number of piperazine rings is 1. The van der Waals surface area contributed by atoms with Gasteiger partial charge in [-0.2, -0.15) is 0 Å². The molecule has 7 heteroatoms. The van der Waals surface area contributed by atoms with Crippen LogP contribution < -0.4 is 0 Å². The Balaban J connectivity index is 1.58. The van der Waals surface area contributed by atoms with E-state index in [1.165, 1.54) is 0 Å². The van der Waals surface area contributed by atoms with Crippen LogP contribution in [0.2, 0.25) is 0 Å². The summed E-state index contributed by atoms with van der Waals surface area (Å²) < 4.78 is 0. The van der Waals surface area contributed by atoms with E-state index >= 15 is 0 Å². The highest BCUT2D eigenvalue weighted by Gasteiger charge is 2.44. The predicted octanol–water partition coefficient (Wildman–Crippen LogP) is 2.61. The van der Waals surface area contributed by atoms with Gasteiger partial charge in [-0.3, -0.25) is 24.1 Å². The topological polar surface area (TPSA) is 78.0 Å². The third kappa shape index (κ3) is 4.40. The molecule has 2 heterocycles. The highest BCUT2D eigenvalue weighted by atomic mass is 16.2. The van der Waals surface area contributed by atoms with Crippen molar-refractivity contribution in [3.63, 3.8) is 0 Å². The Morgan fingerprint density at radius 2 is 1.27 bits per heavy atom. The third-order valence-electron chi connectivity index (χ3n) is 6.21. The van der Waals surface area contributed by atoms with Crippen LogP contribution in [0.5, 0.6) is 0 Å². The van der Waals surface area contributed by atoms with Gasteiger partial charge in [0.1, 0.15) is 6.04 Å². The number of carbonyl (C=O) groups is 4. The molecule has 1 unspecified atom stereocenters. The number of nitrogens with zero attached hydrogens (tertiary/aromatic N) is 3. The van der Waals surface area contributed by atoms with Gasteiger partial charge in [-0.1, -0.05) is 63.2 Å². The molecule has 0 radical (unpaired) electrons. The molecule has 4 rings (SSSR count). The third-order valence-corrected chi connectivity index (χ3v) is 6.21. The largest absolute Gasteiger partial charge is 0.339 e. The van der Waals surface area contributed by atoms with Crippen LogP contribution in [-0.4, -0.2) is 70.5 Å². The molecule has 0 spiro atoms. The first-order valence-corrected chi connectivity index (χ1v) is 11.3. The maximum absolute atomic E-state index is 13.7. The Labute approximate surface area is 194 Å². The van der Waals surface area contributed by atoms with E-state index in [-0.39, 0.29) is 18.2 Å². The summed E-state index contributed by atoms with van der Waals surface area (Å²) in [6.07, 6.45) is 0.242. The van der Waals surface area contributed by atoms with Gasteiger partial charge in [0.15, 0.2) is 0 Å². The lowest BCUT2D eigenvalue weighted by Crippen LogP contribution is -2.58. The first kappa shape index (κ1) is 22.7. The summed E-state index contributed by atoms with van der Waals surface area (Å²) in [4.78, 5) is 57.2. The molecule has 2 aliphatic heterocycles. The van der Waals surface area contributed by atoms with Crippen molar-refractivity contribution in [2.45, 2.75) is 33.2 Å². The van der Waals surface area contributed by atoms with Gasteiger partial charge >= 0.3 is 0 Å². The Kier molecular flexibility index (Phi) is 6.06. The van der Waals surface area contributed by atoms with E-state index in [2.05, 4.69) is 0 Å². The van der Waals surface area contributed by atoms with Gasteiger partial charge in [-0.15, -0.1) is 0 Å². The predicted molar refractivity (Wildman–Crippen MR) is 123 cm³/mol. The standard InChI is InChI=1S/C26H29N3O4/c1-26(2,3)25(33)28-15-13-27(14-16-28)24(32)21(17-18-9-5-4-6-10-18)29-22(30)19-11-7-8-12-20(19)23(29)31/h4-12,21H,13-17H2,1-3H3. The summed E-state index contributed by atoms with van der Waals surface area (Å²) in [5.74, 6) is -1.09. The van der Waals surface area contributed by atoms with Crippen molar-refractivity contribution < 1.29 is 19.2 Å². The fourth-order valence-corrected chi connectivity index (χ4v) is 4.43. The lowest BCUT2D eigenvalue weighted by atomic mass is 9.94. The first-order valence-electron chi connectivity index (χ1n) is 11.3. The molecule has 0 saturated carbocycles. The fraction of sp³-hybridized carbons (Fsp3) is 0.385. The zero-order chi connectivity index (χ0) is 23.8. The molecule has 2 aromatic carbocycles. The molecule has 33 heavy (non-hydrogen) atoms. The van der Waals surface area contributed by atoms with Crippen LogP contribution in [-0.2, 0) is 16.0 Å². The lowest BCUT2D eigenvalue weighted by molar-refractivity contribution is -0.146. The van der Waals surface area contributed by atoms with Crippen molar-refractivity contribution in [2.24, 2.45) is 5.41 Å². The van der Waals surface area contributed by atoms with Crippen molar-refractivity contribution in [3.05, 3.63) is 71.3 Å². The maximum Gasteiger partial charge on any atom is 0.262 e. The van der Waals surface area contributed by atoms with Crippen LogP contribution in [0.25, 0.3) is 0 Å². The molecule has 0 bridgehead atoms. The van der Waals surface area contributed by atoms with E-state index in [0.29, 0.717) is 37.3 Å². The number of rotatable bonds is 4. The molecule has 0 N–H and O–H groups in total.